The smallest absolute Gasteiger partial charge is 0.228 e. The van der Waals surface area contributed by atoms with Crippen molar-refractivity contribution < 1.29 is 4.79 Å². The van der Waals surface area contributed by atoms with Gasteiger partial charge in [-0.15, -0.1) is 0 Å². The molecule has 0 aliphatic carbocycles. The molecular formula is C16H23N3O. The molecule has 2 aliphatic rings. The molecule has 1 aromatic carbocycles. The molecule has 20 heavy (non-hydrogen) atoms. The molecule has 1 atom stereocenters. The zero-order valence-corrected chi connectivity index (χ0v) is 12.1. The van der Waals surface area contributed by atoms with Crippen molar-refractivity contribution in [3.8, 4) is 0 Å². The maximum absolute atomic E-state index is 12.2. The minimum Gasteiger partial charge on any atom is -0.341 e. The van der Waals surface area contributed by atoms with Crippen LogP contribution in [0.5, 0.6) is 0 Å². The summed E-state index contributed by atoms with van der Waals surface area (Å²) in [5, 5.41) is 3.17. The number of benzene rings is 1. The molecule has 2 aliphatic heterocycles. The van der Waals surface area contributed by atoms with E-state index in [1.807, 2.05) is 11.9 Å². The maximum atomic E-state index is 12.2. The molecule has 1 amide bonds. The Morgan fingerprint density at radius 1 is 1.35 bits per heavy atom. The van der Waals surface area contributed by atoms with Gasteiger partial charge in [0, 0.05) is 45.8 Å². The van der Waals surface area contributed by atoms with Crippen LogP contribution in [0.4, 0.5) is 0 Å². The van der Waals surface area contributed by atoms with E-state index in [-0.39, 0.29) is 5.92 Å². The van der Waals surface area contributed by atoms with E-state index in [1.165, 1.54) is 5.56 Å². The second-order valence-corrected chi connectivity index (χ2v) is 5.97. The van der Waals surface area contributed by atoms with Crippen molar-refractivity contribution >= 4 is 5.91 Å². The Morgan fingerprint density at radius 3 is 2.75 bits per heavy atom. The number of likely N-dealkylation sites (tertiary alicyclic amines) is 1. The summed E-state index contributed by atoms with van der Waals surface area (Å²) >= 11 is 0. The highest BCUT2D eigenvalue weighted by Gasteiger charge is 2.33. The molecule has 1 aromatic rings. The van der Waals surface area contributed by atoms with E-state index >= 15 is 0 Å². The summed E-state index contributed by atoms with van der Waals surface area (Å²) < 4.78 is 0. The van der Waals surface area contributed by atoms with Gasteiger partial charge in [-0.2, -0.15) is 0 Å². The largest absolute Gasteiger partial charge is 0.341 e. The van der Waals surface area contributed by atoms with Gasteiger partial charge < -0.3 is 10.2 Å². The van der Waals surface area contributed by atoms with Crippen LogP contribution in [-0.4, -0.2) is 55.0 Å². The standard InChI is InChI=1S/C16H23N3O/c1-18(16(20)14-9-17-10-14)15-7-8-19(12-15)11-13-5-3-2-4-6-13/h2-6,14-15,17H,7-12H2,1H3. The third-order valence-electron chi connectivity index (χ3n) is 4.52. The third-order valence-corrected chi connectivity index (χ3v) is 4.52. The molecule has 2 heterocycles. The van der Waals surface area contributed by atoms with Crippen molar-refractivity contribution in [1.29, 1.82) is 0 Å². The Kier molecular flexibility index (Phi) is 4.03. The van der Waals surface area contributed by atoms with Crippen molar-refractivity contribution in [2.75, 3.05) is 33.2 Å². The third kappa shape index (κ3) is 2.86. The van der Waals surface area contributed by atoms with Gasteiger partial charge in [0.2, 0.25) is 5.91 Å². The van der Waals surface area contributed by atoms with Crippen LogP contribution in [0.15, 0.2) is 30.3 Å². The van der Waals surface area contributed by atoms with E-state index in [0.29, 0.717) is 11.9 Å². The number of likely N-dealkylation sites (N-methyl/N-ethyl adjacent to an activating group) is 1. The number of nitrogens with zero attached hydrogens (tertiary/aromatic N) is 2. The number of amides is 1. The summed E-state index contributed by atoms with van der Waals surface area (Å²) in [6.45, 7) is 4.77. The second kappa shape index (κ2) is 5.94. The van der Waals surface area contributed by atoms with Crippen molar-refractivity contribution in [3.05, 3.63) is 35.9 Å². The second-order valence-electron chi connectivity index (χ2n) is 5.97. The van der Waals surface area contributed by atoms with Gasteiger partial charge in [-0.25, -0.2) is 0 Å². The van der Waals surface area contributed by atoms with Gasteiger partial charge in [0.25, 0.3) is 0 Å². The molecule has 4 heteroatoms. The lowest BCUT2D eigenvalue weighted by Gasteiger charge is -2.33. The molecule has 2 saturated heterocycles. The Morgan fingerprint density at radius 2 is 2.10 bits per heavy atom. The van der Waals surface area contributed by atoms with E-state index in [4.69, 9.17) is 0 Å². The predicted molar refractivity (Wildman–Crippen MR) is 79.3 cm³/mol. The van der Waals surface area contributed by atoms with Crippen molar-refractivity contribution in [3.63, 3.8) is 0 Å². The lowest BCUT2D eigenvalue weighted by Crippen LogP contribution is -2.53. The Balaban J connectivity index is 1.52. The zero-order chi connectivity index (χ0) is 13.9. The lowest BCUT2D eigenvalue weighted by molar-refractivity contribution is -0.137. The van der Waals surface area contributed by atoms with E-state index in [9.17, 15) is 4.79 Å². The van der Waals surface area contributed by atoms with Crippen LogP contribution in [0.2, 0.25) is 0 Å². The molecule has 3 rings (SSSR count). The first-order valence-corrected chi connectivity index (χ1v) is 7.47. The minimum atomic E-state index is 0.211. The zero-order valence-electron chi connectivity index (χ0n) is 12.1. The van der Waals surface area contributed by atoms with Crippen LogP contribution in [0.1, 0.15) is 12.0 Å². The van der Waals surface area contributed by atoms with Crippen LogP contribution >= 0.6 is 0 Å². The van der Waals surface area contributed by atoms with Crippen molar-refractivity contribution in [2.24, 2.45) is 5.92 Å². The van der Waals surface area contributed by atoms with Gasteiger partial charge in [0.1, 0.15) is 0 Å². The Hall–Kier alpha value is -1.39. The van der Waals surface area contributed by atoms with E-state index < -0.39 is 0 Å². The fourth-order valence-corrected chi connectivity index (χ4v) is 3.04. The summed E-state index contributed by atoms with van der Waals surface area (Å²) in [6, 6.07) is 10.9. The first-order chi connectivity index (χ1) is 9.74. The summed E-state index contributed by atoms with van der Waals surface area (Å²) in [6.07, 6.45) is 1.09. The highest BCUT2D eigenvalue weighted by atomic mass is 16.2. The van der Waals surface area contributed by atoms with E-state index in [0.717, 1.165) is 39.1 Å². The average Bonchev–Trinajstić information content (AvgIpc) is 2.85. The number of hydrogen-bond acceptors (Lipinski definition) is 3. The van der Waals surface area contributed by atoms with Crippen LogP contribution in [0.25, 0.3) is 0 Å². The first kappa shape index (κ1) is 13.6. The van der Waals surface area contributed by atoms with E-state index in [1.54, 1.807) is 0 Å². The molecule has 4 nitrogen and oxygen atoms in total. The number of nitrogens with one attached hydrogen (secondary N) is 1. The molecule has 1 N–H and O–H groups in total. The summed E-state index contributed by atoms with van der Waals surface area (Å²) in [7, 11) is 1.97. The van der Waals surface area contributed by atoms with Crippen molar-refractivity contribution in [2.45, 2.75) is 19.0 Å². The maximum Gasteiger partial charge on any atom is 0.228 e. The lowest BCUT2D eigenvalue weighted by atomic mass is 10.0. The average molecular weight is 273 g/mol. The topological polar surface area (TPSA) is 35.6 Å². The molecule has 2 fully saturated rings. The fraction of sp³-hybridized carbons (Fsp3) is 0.562. The predicted octanol–water partition coefficient (Wildman–Crippen LogP) is 0.939. The number of hydrogen-bond donors (Lipinski definition) is 1. The summed E-state index contributed by atoms with van der Waals surface area (Å²) in [5.74, 6) is 0.526. The highest BCUT2D eigenvalue weighted by Crippen LogP contribution is 2.19. The van der Waals surface area contributed by atoms with Gasteiger partial charge in [0.05, 0.1) is 5.92 Å². The van der Waals surface area contributed by atoms with Crippen LogP contribution in [-0.2, 0) is 11.3 Å². The number of carbonyl (C=O) groups is 1. The number of carbonyl (C=O) groups excluding carboxylic acids is 1. The van der Waals surface area contributed by atoms with Gasteiger partial charge in [-0.3, -0.25) is 9.69 Å². The fourth-order valence-electron chi connectivity index (χ4n) is 3.04. The van der Waals surface area contributed by atoms with Crippen LogP contribution in [0, 0.1) is 5.92 Å². The highest BCUT2D eigenvalue weighted by molar-refractivity contribution is 5.80. The molecule has 1 unspecified atom stereocenters. The molecule has 108 valence electrons. The first-order valence-electron chi connectivity index (χ1n) is 7.47. The summed E-state index contributed by atoms with van der Waals surface area (Å²) in [4.78, 5) is 16.7. The van der Waals surface area contributed by atoms with Gasteiger partial charge in [0.15, 0.2) is 0 Å². The Labute approximate surface area is 120 Å². The summed E-state index contributed by atoms with van der Waals surface area (Å²) in [5.41, 5.74) is 1.35. The van der Waals surface area contributed by atoms with E-state index in [2.05, 4.69) is 40.5 Å². The molecular weight excluding hydrogens is 250 g/mol. The van der Waals surface area contributed by atoms with Crippen molar-refractivity contribution in [1.82, 2.24) is 15.1 Å². The number of rotatable bonds is 4. The monoisotopic (exact) mass is 273 g/mol. The quantitative estimate of drug-likeness (QED) is 0.887. The SMILES string of the molecule is CN(C(=O)C1CNC1)C1CCN(Cc2ccccc2)C1. The van der Waals surface area contributed by atoms with Gasteiger partial charge in [-0.1, -0.05) is 30.3 Å². The molecule has 0 bridgehead atoms. The minimum absolute atomic E-state index is 0.211. The Bertz CT molecular complexity index is 458. The molecule has 0 spiro atoms. The van der Waals surface area contributed by atoms with Gasteiger partial charge >= 0.3 is 0 Å². The normalized spacial score (nSPS) is 23.6. The molecule has 0 saturated carbocycles. The van der Waals surface area contributed by atoms with Crippen LogP contribution in [0.3, 0.4) is 0 Å². The molecule has 0 aromatic heterocycles. The molecule has 0 radical (unpaired) electrons. The van der Waals surface area contributed by atoms with Crippen LogP contribution < -0.4 is 5.32 Å². The van der Waals surface area contributed by atoms with Gasteiger partial charge in [-0.05, 0) is 12.0 Å².